The van der Waals surface area contributed by atoms with Crippen molar-refractivity contribution in [1.29, 1.82) is 0 Å². The molecule has 0 aromatic rings. The van der Waals surface area contributed by atoms with Gasteiger partial charge in [0.1, 0.15) is 6.61 Å². The fourth-order valence-corrected chi connectivity index (χ4v) is 1.28. The van der Waals surface area contributed by atoms with Crippen LogP contribution in [-0.4, -0.2) is 38.7 Å². The Hall–Kier alpha value is -0.500. The summed E-state index contributed by atoms with van der Waals surface area (Å²) < 4.78 is 74.8. The lowest BCUT2D eigenvalue weighted by Gasteiger charge is -2.14. The topological polar surface area (TPSA) is 21.3 Å². The molecule has 0 saturated heterocycles. The van der Waals surface area contributed by atoms with Gasteiger partial charge >= 0.3 is 12.4 Å². The summed E-state index contributed by atoms with van der Waals surface area (Å²) >= 11 is 0. The van der Waals surface area contributed by atoms with Gasteiger partial charge in [-0.1, -0.05) is 6.92 Å². The van der Waals surface area contributed by atoms with E-state index in [9.17, 15) is 26.3 Å². The van der Waals surface area contributed by atoms with Gasteiger partial charge in [0, 0.05) is 6.61 Å². The number of halogens is 6. The van der Waals surface area contributed by atoms with E-state index in [1.54, 1.807) is 6.92 Å². The van der Waals surface area contributed by atoms with E-state index in [1.165, 1.54) is 0 Å². The lowest BCUT2D eigenvalue weighted by molar-refractivity contribution is -0.174. The quantitative estimate of drug-likeness (QED) is 0.545. The molecule has 0 aliphatic rings. The zero-order chi connectivity index (χ0) is 14.2. The van der Waals surface area contributed by atoms with E-state index in [2.05, 4.69) is 10.1 Å². The van der Waals surface area contributed by atoms with Crippen LogP contribution < -0.4 is 5.32 Å². The molecule has 0 aromatic heterocycles. The summed E-state index contributed by atoms with van der Waals surface area (Å²) in [6.07, 6.45) is -7.66. The molecule has 0 fully saturated rings. The molecule has 0 radical (unpaired) electrons. The molecule has 8 heteroatoms. The van der Waals surface area contributed by atoms with Crippen LogP contribution in [-0.2, 0) is 4.74 Å². The minimum atomic E-state index is -4.33. The van der Waals surface area contributed by atoms with Crippen molar-refractivity contribution in [1.82, 2.24) is 5.32 Å². The van der Waals surface area contributed by atoms with Gasteiger partial charge in [-0.15, -0.1) is 0 Å². The molecule has 110 valence electrons. The summed E-state index contributed by atoms with van der Waals surface area (Å²) in [6, 6.07) is 0. The molecular formula is C10H17F6NO. The second-order valence-electron chi connectivity index (χ2n) is 4.16. The first-order valence-corrected chi connectivity index (χ1v) is 5.52. The van der Waals surface area contributed by atoms with Gasteiger partial charge in [0.25, 0.3) is 0 Å². The van der Waals surface area contributed by atoms with Gasteiger partial charge in [0.2, 0.25) is 0 Å². The Morgan fingerprint density at radius 1 is 1.06 bits per heavy atom. The van der Waals surface area contributed by atoms with E-state index < -0.39 is 25.5 Å². The summed E-state index contributed by atoms with van der Waals surface area (Å²) in [7, 11) is 0. The molecule has 1 unspecified atom stereocenters. The van der Waals surface area contributed by atoms with E-state index in [4.69, 9.17) is 0 Å². The standard InChI is InChI=1S/C10H17F6NO/c1-8(5-17-6-9(11,12)13)3-2-4-18-7-10(14,15)16/h8,17H,2-7H2,1H3. The zero-order valence-electron chi connectivity index (χ0n) is 10.00. The SMILES string of the molecule is CC(CCCOCC(F)(F)F)CNCC(F)(F)F. The minimum Gasteiger partial charge on any atom is -0.372 e. The average molecular weight is 281 g/mol. The van der Waals surface area contributed by atoms with Gasteiger partial charge in [0.05, 0.1) is 6.54 Å². The number of ether oxygens (including phenoxy) is 1. The van der Waals surface area contributed by atoms with Gasteiger partial charge in [-0.25, -0.2) is 0 Å². The zero-order valence-corrected chi connectivity index (χ0v) is 10.00. The van der Waals surface area contributed by atoms with Crippen LogP contribution in [0.3, 0.4) is 0 Å². The lowest BCUT2D eigenvalue weighted by Crippen LogP contribution is -2.32. The Labute approximate surface area is 102 Å². The summed E-state index contributed by atoms with van der Waals surface area (Å²) in [5, 5.41) is 2.24. The summed E-state index contributed by atoms with van der Waals surface area (Å²) in [6.45, 7) is -0.468. The molecule has 1 N–H and O–H groups in total. The number of hydrogen-bond acceptors (Lipinski definition) is 2. The third-order valence-electron chi connectivity index (χ3n) is 2.07. The highest BCUT2D eigenvalue weighted by Gasteiger charge is 2.27. The summed E-state index contributed by atoms with van der Waals surface area (Å²) in [5.41, 5.74) is 0. The summed E-state index contributed by atoms with van der Waals surface area (Å²) in [5.74, 6) is -0.0400. The van der Waals surface area contributed by atoms with Crippen LogP contribution in [0.2, 0.25) is 0 Å². The third-order valence-corrected chi connectivity index (χ3v) is 2.07. The Kier molecular flexibility index (Phi) is 7.61. The fourth-order valence-electron chi connectivity index (χ4n) is 1.28. The van der Waals surface area contributed by atoms with Crippen LogP contribution >= 0.6 is 0 Å². The van der Waals surface area contributed by atoms with Crippen molar-refractivity contribution in [3.63, 3.8) is 0 Å². The van der Waals surface area contributed by atoms with Crippen LogP contribution in [0, 0.1) is 5.92 Å². The number of alkyl halides is 6. The maximum absolute atomic E-state index is 11.8. The third kappa shape index (κ3) is 13.6. The number of nitrogens with one attached hydrogen (secondary N) is 1. The van der Waals surface area contributed by atoms with Crippen LogP contribution in [0.1, 0.15) is 19.8 Å². The predicted molar refractivity (Wildman–Crippen MR) is 54.2 cm³/mol. The molecule has 0 heterocycles. The van der Waals surface area contributed by atoms with Crippen molar-refractivity contribution in [2.24, 2.45) is 5.92 Å². The van der Waals surface area contributed by atoms with Crippen molar-refractivity contribution in [3.8, 4) is 0 Å². The molecule has 1 atom stereocenters. The summed E-state index contributed by atoms with van der Waals surface area (Å²) in [4.78, 5) is 0. The molecule has 0 bridgehead atoms. The van der Waals surface area contributed by atoms with E-state index in [0.29, 0.717) is 12.8 Å². The molecule has 0 aromatic carbocycles. The van der Waals surface area contributed by atoms with Crippen LogP contribution in [0.5, 0.6) is 0 Å². The second-order valence-corrected chi connectivity index (χ2v) is 4.16. The Morgan fingerprint density at radius 2 is 1.67 bits per heavy atom. The van der Waals surface area contributed by atoms with Gasteiger partial charge in [0.15, 0.2) is 0 Å². The molecule has 2 nitrogen and oxygen atoms in total. The van der Waals surface area contributed by atoms with Gasteiger partial charge in [-0.3, -0.25) is 0 Å². The average Bonchev–Trinajstić information content (AvgIpc) is 2.13. The highest BCUT2D eigenvalue weighted by atomic mass is 19.4. The van der Waals surface area contributed by atoms with Gasteiger partial charge < -0.3 is 10.1 Å². The fraction of sp³-hybridized carbons (Fsp3) is 1.00. The van der Waals surface area contributed by atoms with E-state index in [1.807, 2.05) is 0 Å². The molecule has 0 amide bonds. The minimum absolute atomic E-state index is 0.0386. The maximum Gasteiger partial charge on any atom is 0.411 e. The molecule has 0 aliphatic heterocycles. The Bertz CT molecular complexity index is 215. The van der Waals surface area contributed by atoms with Crippen molar-refractivity contribution in [2.75, 3.05) is 26.3 Å². The highest BCUT2D eigenvalue weighted by molar-refractivity contribution is 4.61. The van der Waals surface area contributed by atoms with Crippen LogP contribution in [0.4, 0.5) is 26.3 Å². The molecule has 0 saturated carbocycles. The second kappa shape index (κ2) is 7.83. The largest absolute Gasteiger partial charge is 0.411 e. The van der Waals surface area contributed by atoms with Crippen LogP contribution in [0.25, 0.3) is 0 Å². The molecule has 0 aliphatic carbocycles. The Balaban J connectivity index is 3.40. The van der Waals surface area contributed by atoms with E-state index in [0.717, 1.165) is 0 Å². The van der Waals surface area contributed by atoms with Crippen molar-refractivity contribution < 1.29 is 31.1 Å². The first kappa shape index (κ1) is 17.5. The molecule has 0 spiro atoms. The Morgan fingerprint density at radius 3 is 2.17 bits per heavy atom. The van der Waals surface area contributed by atoms with Gasteiger partial charge in [-0.05, 0) is 25.3 Å². The van der Waals surface area contributed by atoms with Crippen molar-refractivity contribution in [3.05, 3.63) is 0 Å². The monoisotopic (exact) mass is 281 g/mol. The maximum atomic E-state index is 11.8. The molecule has 0 rings (SSSR count). The molecule has 18 heavy (non-hydrogen) atoms. The van der Waals surface area contributed by atoms with Crippen molar-refractivity contribution >= 4 is 0 Å². The molecular weight excluding hydrogens is 264 g/mol. The first-order chi connectivity index (χ1) is 8.10. The first-order valence-electron chi connectivity index (χ1n) is 5.52. The lowest BCUT2D eigenvalue weighted by atomic mass is 10.1. The van der Waals surface area contributed by atoms with Crippen LogP contribution in [0.15, 0.2) is 0 Å². The van der Waals surface area contributed by atoms with E-state index >= 15 is 0 Å². The highest BCUT2D eigenvalue weighted by Crippen LogP contribution is 2.15. The van der Waals surface area contributed by atoms with Gasteiger partial charge in [-0.2, -0.15) is 26.3 Å². The van der Waals surface area contributed by atoms with Crippen molar-refractivity contribution in [2.45, 2.75) is 32.1 Å². The number of rotatable bonds is 8. The van der Waals surface area contributed by atoms with E-state index in [-0.39, 0.29) is 19.1 Å². The normalized spacial score (nSPS) is 14.8. The number of hydrogen-bond donors (Lipinski definition) is 1. The predicted octanol–water partition coefficient (Wildman–Crippen LogP) is 3.13. The smallest absolute Gasteiger partial charge is 0.372 e.